The molecule has 0 aliphatic rings. The molecule has 0 saturated carbocycles. The van der Waals surface area contributed by atoms with E-state index in [1.165, 1.54) is 17.8 Å². The fraction of sp³-hybridized carbons (Fsp3) is 0.100. The second kappa shape index (κ2) is 7.04. The number of carbonyl (C=O) groups excluding carboxylic acids is 1. The van der Waals surface area contributed by atoms with Crippen molar-refractivity contribution in [1.29, 1.82) is 0 Å². The Balaban J connectivity index is 1.75. The van der Waals surface area contributed by atoms with Crippen molar-refractivity contribution in [3.8, 4) is 11.3 Å². The van der Waals surface area contributed by atoms with E-state index in [0.717, 1.165) is 12.1 Å². The maximum Gasteiger partial charge on any atom is 0.257 e. The Morgan fingerprint density at radius 3 is 2.42 bits per heavy atom. The molecule has 3 rings (SSSR count). The molecule has 0 bridgehead atoms. The lowest BCUT2D eigenvalue weighted by molar-refractivity contribution is 0.102. The van der Waals surface area contributed by atoms with Crippen LogP contribution < -0.4 is 5.32 Å². The first-order chi connectivity index (χ1) is 11.7. The minimum Gasteiger partial charge on any atom is -0.322 e. The molecule has 1 N–H and O–H groups in total. The summed E-state index contributed by atoms with van der Waals surface area (Å²) in [5, 5.41) is 2.83. The molecule has 0 aliphatic heterocycles. The predicted molar refractivity (Wildman–Crippen MR) is 93.4 cm³/mol. The maximum atomic E-state index is 13.8. The fourth-order valence-electron chi connectivity index (χ4n) is 2.38. The number of pyridine rings is 1. The highest BCUT2D eigenvalue weighted by Crippen LogP contribution is 2.20. The van der Waals surface area contributed by atoms with Crippen molar-refractivity contribution in [2.24, 2.45) is 0 Å². The third kappa shape index (κ3) is 3.49. The van der Waals surface area contributed by atoms with Gasteiger partial charge in [0.1, 0.15) is 5.82 Å². The van der Waals surface area contributed by atoms with Gasteiger partial charge >= 0.3 is 0 Å². The molecule has 0 unspecified atom stereocenters. The number of benzene rings is 2. The molecule has 1 amide bonds. The first kappa shape index (κ1) is 15.9. The number of rotatable bonds is 4. The minimum absolute atomic E-state index is 0.244. The number of halogens is 1. The summed E-state index contributed by atoms with van der Waals surface area (Å²) >= 11 is 0. The molecule has 1 aromatic heterocycles. The lowest BCUT2D eigenvalue weighted by Gasteiger charge is -2.07. The summed E-state index contributed by atoms with van der Waals surface area (Å²) in [4.78, 5) is 16.5. The molecular formula is C20H17FN2O. The quantitative estimate of drug-likeness (QED) is 0.757. The Morgan fingerprint density at radius 2 is 1.79 bits per heavy atom. The van der Waals surface area contributed by atoms with Gasteiger partial charge in [0.15, 0.2) is 0 Å². The summed E-state index contributed by atoms with van der Waals surface area (Å²) in [6.45, 7) is 2.08. The number of nitrogens with zero attached hydrogens (tertiary/aromatic N) is 1. The molecule has 120 valence electrons. The molecule has 2 aromatic carbocycles. The lowest BCUT2D eigenvalue weighted by Crippen LogP contribution is -2.12. The average molecular weight is 320 g/mol. The standard InChI is InChI=1S/C20H17FN2O/c1-2-14-7-10-16(11-8-14)23-20(24)15-9-12-19(22-13-15)17-5-3-4-6-18(17)21/h3-13H,2H2,1H3,(H,23,24). The highest BCUT2D eigenvalue weighted by Gasteiger charge is 2.09. The SMILES string of the molecule is CCc1ccc(NC(=O)c2ccc(-c3ccccc3F)nc2)cc1. The molecule has 0 spiro atoms. The fourth-order valence-corrected chi connectivity index (χ4v) is 2.38. The molecule has 4 heteroatoms. The molecule has 0 radical (unpaired) electrons. The van der Waals surface area contributed by atoms with Crippen molar-refractivity contribution in [2.45, 2.75) is 13.3 Å². The van der Waals surface area contributed by atoms with E-state index in [1.54, 1.807) is 30.3 Å². The molecule has 3 nitrogen and oxygen atoms in total. The second-order valence-electron chi connectivity index (χ2n) is 5.42. The molecule has 0 aliphatic carbocycles. The van der Waals surface area contributed by atoms with Crippen LogP contribution in [0.15, 0.2) is 66.9 Å². The first-order valence-corrected chi connectivity index (χ1v) is 7.78. The summed E-state index contributed by atoms with van der Waals surface area (Å²) in [6.07, 6.45) is 2.41. The summed E-state index contributed by atoms with van der Waals surface area (Å²) < 4.78 is 13.8. The smallest absolute Gasteiger partial charge is 0.257 e. The Hall–Kier alpha value is -3.01. The number of aryl methyl sites for hydroxylation is 1. The van der Waals surface area contributed by atoms with Crippen LogP contribution in [0, 0.1) is 5.82 Å². The summed E-state index contributed by atoms with van der Waals surface area (Å²) in [7, 11) is 0. The highest BCUT2D eigenvalue weighted by molar-refractivity contribution is 6.04. The second-order valence-corrected chi connectivity index (χ2v) is 5.42. The van der Waals surface area contributed by atoms with E-state index < -0.39 is 0 Å². The van der Waals surface area contributed by atoms with Crippen molar-refractivity contribution in [2.75, 3.05) is 5.32 Å². The Kier molecular flexibility index (Phi) is 4.66. The van der Waals surface area contributed by atoms with Crippen LogP contribution in [0.1, 0.15) is 22.8 Å². The van der Waals surface area contributed by atoms with Gasteiger partial charge in [-0.05, 0) is 48.4 Å². The van der Waals surface area contributed by atoms with E-state index in [-0.39, 0.29) is 11.7 Å². The van der Waals surface area contributed by atoms with Gasteiger partial charge in [0.2, 0.25) is 0 Å². The zero-order valence-electron chi connectivity index (χ0n) is 13.3. The Labute approximate surface area is 140 Å². The molecule has 0 saturated heterocycles. The van der Waals surface area contributed by atoms with Crippen LogP contribution in [0.2, 0.25) is 0 Å². The third-order valence-corrected chi connectivity index (χ3v) is 3.80. The number of hydrogen-bond acceptors (Lipinski definition) is 2. The number of amides is 1. The summed E-state index contributed by atoms with van der Waals surface area (Å²) in [5.41, 5.74) is 3.28. The van der Waals surface area contributed by atoms with Crippen LogP contribution >= 0.6 is 0 Å². The van der Waals surface area contributed by atoms with Crippen molar-refractivity contribution < 1.29 is 9.18 Å². The predicted octanol–water partition coefficient (Wildman–Crippen LogP) is 4.70. The molecule has 1 heterocycles. The number of aromatic nitrogens is 1. The summed E-state index contributed by atoms with van der Waals surface area (Å²) in [6, 6.07) is 17.4. The van der Waals surface area contributed by atoms with E-state index in [9.17, 15) is 9.18 Å². The van der Waals surface area contributed by atoms with E-state index in [1.807, 2.05) is 24.3 Å². The Morgan fingerprint density at radius 1 is 1.04 bits per heavy atom. The first-order valence-electron chi connectivity index (χ1n) is 7.78. The van der Waals surface area contributed by atoms with Gasteiger partial charge in [-0.25, -0.2) is 4.39 Å². The molecule has 3 aromatic rings. The van der Waals surface area contributed by atoms with Crippen molar-refractivity contribution in [3.05, 3.63) is 83.8 Å². The zero-order valence-corrected chi connectivity index (χ0v) is 13.3. The maximum absolute atomic E-state index is 13.8. The van der Waals surface area contributed by atoms with Gasteiger partial charge < -0.3 is 5.32 Å². The van der Waals surface area contributed by atoms with Crippen LogP contribution in [0.5, 0.6) is 0 Å². The van der Waals surface area contributed by atoms with Gasteiger partial charge in [-0.2, -0.15) is 0 Å². The number of carbonyl (C=O) groups is 1. The lowest BCUT2D eigenvalue weighted by atomic mass is 10.1. The summed E-state index contributed by atoms with van der Waals surface area (Å²) in [5.74, 6) is -0.579. The molecule has 24 heavy (non-hydrogen) atoms. The minimum atomic E-state index is -0.335. The van der Waals surface area contributed by atoms with Gasteiger partial charge in [-0.1, -0.05) is 31.2 Å². The van der Waals surface area contributed by atoms with E-state index in [2.05, 4.69) is 17.2 Å². The van der Waals surface area contributed by atoms with Crippen LogP contribution in [0.3, 0.4) is 0 Å². The van der Waals surface area contributed by atoms with Gasteiger partial charge in [0.05, 0.1) is 11.3 Å². The van der Waals surface area contributed by atoms with E-state index in [0.29, 0.717) is 16.8 Å². The van der Waals surface area contributed by atoms with Crippen molar-refractivity contribution in [3.63, 3.8) is 0 Å². The van der Waals surface area contributed by atoms with Crippen molar-refractivity contribution in [1.82, 2.24) is 4.98 Å². The number of hydrogen-bond donors (Lipinski definition) is 1. The zero-order chi connectivity index (χ0) is 16.9. The van der Waals surface area contributed by atoms with Gasteiger partial charge in [0, 0.05) is 17.4 Å². The Bertz CT molecular complexity index is 842. The molecule has 0 fully saturated rings. The normalized spacial score (nSPS) is 10.4. The third-order valence-electron chi connectivity index (χ3n) is 3.80. The number of anilines is 1. The van der Waals surface area contributed by atoms with E-state index >= 15 is 0 Å². The van der Waals surface area contributed by atoms with Crippen molar-refractivity contribution >= 4 is 11.6 Å². The van der Waals surface area contributed by atoms with Crippen LogP contribution in [-0.4, -0.2) is 10.9 Å². The topological polar surface area (TPSA) is 42.0 Å². The van der Waals surface area contributed by atoms with Gasteiger partial charge in [-0.3, -0.25) is 9.78 Å². The van der Waals surface area contributed by atoms with Crippen LogP contribution in [0.25, 0.3) is 11.3 Å². The highest BCUT2D eigenvalue weighted by atomic mass is 19.1. The average Bonchev–Trinajstić information content (AvgIpc) is 2.63. The number of nitrogens with one attached hydrogen (secondary N) is 1. The van der Waals surface area contributed by atoms with Crippen LogP contribution in [0.4, 0.5) is 10.1 Å². The largest absolute Gasteiger partial charge is 0.322 e. The molecule has 0 atom stereocenters. The monoisotopic (exact) mass is 320 g/mol. The van der Waals surface area contributed by atoms with Crippen LogP contribution in [-0.2, 0) is 6.42 Å². The molecular weight excluding hydrogens is 303 g/mol. The van der Waals surface area contributed by atoms with Gasteiger partial charge in [-0.15, -0.1) is 0 Å². The van der Waals surface area contributed by atoms with E-state index in [4.69, 9.17) is 0 Å². The van der Waals surface area contributed by atoms with Gasteiger partial charge in [0.25, 0.3) is 5.91 Å².